The molecule has 0 N–H and O–H groups in total. The normalized spacial score (nSPS) is 11.7. The molecule has 4 nitrogen and oxygen atoms in total. The van der Waals surface area contributed by atoms with E-state index in [1.807, 2.05) is 12.1 Å². The number of nitrogens with zero attached hydrogens (tertiary/aromatic N) is 2. The van der Waals surface area contributed by atoms with E-state index < -0.39 is 0 Å². The van der Waals surface area contributed by atoms with Gasteiger partial charge in [0.1, 0.15) is 0 Å². The number of benzene rings is 1. The van der Waals surface area contributed by atoms with E-state index in [9.17, 15) is 4.79 Å². The van der Waals surface area contributed by atoms with Gasteiger partial charge in [0.2, 0.25) is 5.89 Å². The van der Waals surface area contributed by atoms with E-state index in [1.165, 1.54) is 28.7 Å². The molecule has 2 aromatic heterocycles. The minimum absolute atomic E-state index is 0.00354. The van der Waals surface area contributed by atoms with Gasteiger partial charge in [0.15, 0.2) is 5.78 Å². The number of rotatable bonds is 5. The van der Waals surface area contributed by atoms with Crippen LogP contribution in [0.2, 0.25) is 4.34 Å². The van der Waals surface area contributed by atoms with Crippen molar-refractivity contribution in [1.29, 1.82) is 0 Å². The van der Waals surface area contributed by atoms with Gasteiger partial charge in [-0.25, -0.2) is 0 Å². The van der Waals surface area contributed by atoms with E-state index in [-0.39, 0.29) is 17.0 Å². The fourth-order valence-corrected chi connectivity index (χ4v) is 3.88. The van der Waals surface area contributed by atoms with Gasteiger partial charge in [0.25, 0.3) is 5.22 Å². The van der Waals surface area contributed by atoms with Crippen molar-refractivity contribution in [2.75, 3.05) is 5.75 Å². The summed E-state index contributed by atoms with van der Waals surface area (Å²) in [7, 11) is 0. The van der Waals surface area contributed by atoms with Crippen LogP contribution in [0, 0.1) is 0 Å². The van der Waals surface area contributed by atoms with Crippen LogP contribution in [0.3, 0.4) is 0 Å². The lowest BCUT2D eigenvalue weighted by Gasteiger charge is -2.18. The average Bonchev–Trinajstić information content (AvgIpc) is 3.21. The highest BCUT2D eigenvalue weighted by molar-refractivity contribution is 7.99. The molecular weight excluding hydrogens is 376 g/mol. The van der Waals surface area contributed by atoms with E-state index in [2.05, 4.69) is 43.1 Å². The topological polar surface area (TPSA) is 56.0 Å². The van der Waals surface area contributed by atoms with Crippen molar-refractivity contribution in [3.8, 4) is 11.5 Å². The van der Waals surface area contributed by atoms with Crippen LogP contribution in [0.1, 0.15) is 36.0 Å². The number of hydrogen-bond acceptors (Lipinski definition) is 6. The molecular formula is C18H17ClN2O2S2. The molecule has 0 spiro atoms. The monoisotopic (exact) mass is 392 g/mol. The first-order valence-electron chi connectivity index (χ1n) is 7.69. The SMILES string of the molecule is CC(C)(C)c1ccc(-c2nnc(SCC(=O)c3ccc(Cl)s3)o2)cc1. The minimum atomic E-state index is -0.00354. The molecule has 0 aliphatic carbocycles. The molecule has 0 amide bonds. The van der Waals surface area contributed by atoms with E-state index in [1.54, 1.807) is 12.1 Å². The Hall–Kier alpha value is -1.63. The maximum atomic E-state index is 12.1. The Morgan fingerprint density at radius 2 is 1.88 bits per heavy atom. The van der Waals surface area contributed by atoms with Crippen LogP contribution in [-0.4, -0.2) is 21.7 Å². The number of carbonyl (C=O) groups excluding carboxylic acids is 1. The van der Waals surface area contributed by atoms with Crippen molar-refractivity contribution >= 4 is 40.5 Å². The summed E-state index contributed by atoms with van der Waals surface area (Å²) in [6, 6.07) is 11.5. The predicted molar refractivity (Wildman–Crippen MR) is 103 cm³/mol. The third kappa shape index (κ3) is 4.51. The van der Waals surface area contributed by atoms with Gasteiger partial charge in [-0.15, -0.1) is 21.5 Å². The lowest BCUT2D eigenvalue weighted by molar-refractivity contribution is 0.102. The van der Waals surface area contributed by atoms with Crippen LogP contribution in [0.4, 0.5) is 0 Å². The van der Waals surface area contributed by atoms with Gasteiger partial charge in [-0.1, -0.05) is 56.3 Å². The Kier molecular flexibility index (Phi) is 5.32. The smallest absolute Gasteiger partial charge is 0.277 e. The molecule has 1 aromatic carbocycles. The van der Waals surface area contributed by atoms with E-state index in [4.69, 9.17) is 16.0 Å². The zero-order valence-corrected chi connectivity index (χ0v) is 16.5. The van der Waals surface area contributed by atoms with Crippen LogP contribution in [0.5, 0.6) is 0 Å². The first kappa shape index (κ1) is 18.2. The summed E-state index contributed by atoms with van der Waals surface area (Å²) in [5.41, 5.74) is 2.20. The third-order valence-corrected chi connectivity index (χ3v) is 5.67. The second kappa shape index (κ2) is 7.32. The standard InChI is InChI=1S/C18H17ClN2O2S2/c1-18(2,3)12-6-4-11(5-7-12)16-20-21-17(23-16)24-10-13(22)14-8-9-15(19)25-14/h4-9H,10H2,1-3H3. The molecule has 2 heterocycles. The average molecular weight is 393 g/mol. The number of hydrogen-bond donors (Lipinski definition) is 0. The Morgan fingerprint density at radius 1 is 1.16 bits per heavy atom. The van der Waals surface area contributed by atoms with Gasteiger partial charge in [-0.2, -0.15) is 0 Å². The molecule has 0 saturated heterocycles. The zero-order valence-electron chi connectivity index (χ0n) is 14.1. The molecule has 7 heteroatoms. The molecule has 130 valence electrons. The Balaban J connectivity index is 1.65. The maximum Gasteiger partial charge on any atom is 0.277 e. The molecule has 0 aliphatic rings. The van der Waals surface area contributed by atoms with Crippen molar-refractivity contribution < 1.29 is 9.21 Å². The summed E-state index contributed by atoms with van der Waals surface area (Å²) in [5, 5.41) is 8.45. The van der Waals surface area contributed by atoms with Crippen LogP contribution >= 0.6 is 34.7 Å². The summed E-state index contributed by atoms with van der Waals surface area (Å²) in [6.07, 6.45) is 0. The number of ketones is 1. The number of Topliss-reactive ketones (excluding diaryl/α,β-unsaturated/α-hetero) is 1. The fraction of sp³-hybridized carbons (Fsp3) is 0.278. The lowest BCUT2D eigenvalue weighted by Crippen LogP contribution is -2.10. The second-order valence-electron chi connectivity index (χ2n) is 6.52. The summed E-state index contributed by atoms with van der Waals surface area (Å²) in [6.45, 7) is 6.50. The number of thioether (sulfide) groups is 1. The quantitative estimate of drug-likeness (QED) is 0.410. The molecule has 0 aliphatic heterocycles. The van der Waals surface area contributed by atoms with Crippen LogP contribution in [0.15, 0.2) is 46.0 Å². The van der Waals surface area contributed by atoms with Crippen LogP contribution in [0.25, 0.3) is 11.5 Å². The number of carbonyl (C=O) groups is 1. The minimum Gasteiger partial charge on any atom is -0.411 e. The first-order valence-corrected chi connectivity index (χ1v) is 9.87. The van der Waals surface area contributed by atoms with Gasteiger partial charge in [0.05, 0.1) is 15.0 Å². The van der Waals surface area contributed by atoms with E-state index in [0.717, 1.165) is 5.56 Å². The van der Waals surface area contributed by atoms with Gasteiger partial charge in [-0.05, 0) is 35.2 Å². The summed E-state index contributed by atoms with van der Waals surface area (Å²) < 4.78 is 6.26. The van der Waals surface area contributed by atoms with Crippen molar-refractivity contribution in [2.24, 2.45) is 0 Å². The van der Waals surface area contributed by atoms with Crippen molar-refractivity contribution in [2.45, 2.75) is 31.4 Å². The molecule has 0 fully saturated rings. The summed E-state index contributed by atoms with van der Waals surface area (Å²) in [4.78, 5) is 12.7. The molecule has 3 rings (SSSR count). The third-order valence-electron chi connectivity index (χ3n) is 3.58. The van der Waals surface area contributed by atoms with Crippen LogP contribution in [-0.2, 0) is 5.41 Å². The molecule has 0 atom stereocenters. The molecule has 25 heavy (non-hydrogen) atoms. The zero-order chi connectivity index (χ0) is 18.0. The number of halogens is 1. The van der Waals surface area contributed by atoms with Crippen LogP contribution < -0.4 is 0 Å². The maximum absolute atomic E-state index is 12.1. The van der Waals surface area contributed by atoms with E-state index in [0.29, 0.717) is 20.3 Å². The van der Waals surface area contributed by atoms with Gasteiger partial charge < -0.3 is 4.42 Å². The fourth-order valence-electron chi connectivity index (χ4n) is 2.16. The summed E-state index contributed by atoms with van der Waals surface area (Å²) in [5.74, 6) is 0.687. The molecule has 3 aromatic rings. The Morgan fingerprint density at radius 3 is 2.48 bits per heavy atom. The van der Waals surface area contributed by atoms with Gasteiger partial charge >= 0.3 is 0 Å². The largest absolute Gasteiger partial charge is 0.411 e. The molecule has 0 unspecified atom stereocenters. The highest BCUT2D eigenvalue weighted by atomic mass is 35.5. The highest BCUT2D eigenvalue weighted by Crippen LogP contribution is 2.28. The molecule has 0 radical (unpaired) electrons. The second-order valence-corrected chi connectivity index (χ2v) is 9.16. The highest BCUT2D eigenvalue weighted by Gasteiger charge is 2.16. The van der Waals surface area contributed by atoms with E-state index >= 15 is 0 Å². The van der Waals surface area contributed by atoms with Gasteiger partial charge in [0, 0.05) is 5.56 Å². The number of thiophene rings is 1. The Bertz CT molecular complexity index is 879. The Labute approximate surface area is 159 Å². The molecule has 0 bridgehead atoms. The first-order chi connectivity index (χ1) is 11.8. The van der Waals surface area contributed by atoms with Crippen molar-refractivity contribution in [1.82, 2.24) is 10.2 Å². The molecule has 0 saturated carbocycles. The van der Waals surface area contributed by atoms with Crippen molar-refractivity contribution in [3.63, 3.8) is 0 Å². The van der Waals surface area contributed by atoms with Gasteiger partial charge in [-0.3, -0.25) is 4.79 Å². The lowest BCUT2D eigenvalue weighted by atomic mass is 9.87. The number of aromatic nitrogens is 2. The van der Waals surface area contributed by atoms with Crippen molar-refractivity contribution in [3.05, 3.63) is 51.2 Å². The predicted octanol–water partition coefficient (Wildman–Crippen LogP) is 5.72. The summed E-state index contributed by atoms with van der Waals surface area (Å²) >= 11 is 8.35.